The second-order valence-electron chi connectivity index (χ2n) is 9.41. The average Bonchev–Trinajstić information content (AvgIpc) is 3.35. The van der Waals surface area contributed by atoms with E-state index in [4.69, 9.17) is 10.00 Å². The normalized spacial score (nSPS) is 16.9. The van der Waals surface area contributed by atoms with Gasteiger partial charge < -0.3 is 20.3 Å². The van der Waals surface area contributed by atoms with Gasteiger partial charge in [0.1, 0.15) is 11.9 Å². The predicted molar refractivity (Wildman–Crippen MR) is 135 cm³/mol. The highest BCUT2D eigenvalue weighted by atomic mass is 16.5. The van der Waals surface area contributed by atoms with Crippen molar-refractivity contribution in [2.45, 2.75) is 18.9 Å². The van der Waals surface area contributed by atoms with Crippen LogP contribution in [-0.2, 0) is 16.0 Å². The Balaban J connectivity index is 1.21. The maximum Gasteiger partial charge on any atom is 0.247 e. The van der Waals surface area contributed by atoms with Crippen LogP contribution in [-0.4, -0.2) is 43.7 Å². The Morgan fingerprint density at radius 3 is 2.54 bits per heavy atom. The van der Waals surface area contributed by atoms with Crippen LogP contribution < -0.4 is 15.5 Å². The zero-order chi connectivity index (χ0) is 24.1. The average molecular weight is 468 g/mol. The van der Waals surface area contributed by atoms with Gasteiger partial charge in [0.2, 0.25) is 5.91 Å². The molecule has 1 atom stereocenters. The van der Waals surface area contributed by atoms with Gasteiger partial charge in [-0.1, -0.05) is 42.5 Å². The molecule has 0 saturated carbocycles. The number of nitriles is 1. The summed E-state index contributed by atoms with van der Waals surface area (Å²) in [6, 6.07) is 22.7. The van der Waals surface area contributed by atoms with E-state index in [1.54, 1.807) is 0 Å². The molecule has 7 heteroatoms. The zero-order valence-electron chi connectivity index (χ0n) is 19.6. The van der Waals surface area contributed by atoms with Gasteiger partial charge in [-0.2, -0.15) is 5.26 Å². The van der Waals surface area contributed by atoms with E-state index in [0.717, 1.165) is 56.0 Å². The van der Waals surface area contributed by atoms with Crippen LogP contribution >= 0.6 is 0 Å². The molecule has 0 radical (unpaired) electrons. The molecule has 3 aromatic rings. The first-order valence-electron chi connectivity index (χ1n) is 12.0. The quantitative estimate of drug-likeness (QED) is 0.525. The van der Waals surface area contributed by atoms with Crippen molar-refractivity contribution < 1.29 is 9.53 Å². The minimum absolute atomic E-state index is 0.150. The summed E-state index contributed by atoms with van der Waals surface area (Å²) in [5.41, 5.74) is 4.04. The number of carbonyl (C=O) groups is 1. The van der Waals surface area contributed by atoms with Crippen LogP contribution in [0.25, 0.3) is 0 Å². The molecule has 0 bridgehead atoms. The van der Waals surface area contributed by atoms with Crippen molar-refractivity contribution >= 4 is 17.4 Å². The predicted octanol–water partition coefficient (Wildman–Crippen LogP) is 3.69. The molecule has 178 valence electrons. The van der Waals surface area contributed by atoms with Crippen LogP contribution in [0.1, 0.15) is 29.2 Å². The van der Waals surface area contributed by atoms with Gasteiger partial charge in [0.25, 0.3) is 0 Å². The SMILES string of the molecule is N#Cc1ccc(CCN[C@@H](C(=O)Nc2ccc(N3CCC4(COC4)C3)cn2)c2ccccc2)cc1. The molecule has 2 aliphatic rings. The maximum atomic E-state index is 13.2. The third-order valence-electron chi connectivity index (χ3n) is 6.86. The highest BCUT2D eigenvalue weighted by molar-refractivity contribution is 5.94. The van der Waals surface area contributed by atoms with E-state index in [1.165, 1.54) is 0 Å². The largest absolute Gasteiger partial charge is 0.380 e. The Morgan fingerprint density at radius 1 is 1.11 bits per heavy atom. The fourth-order valence-corrected chi connectivity index (χ4v) is 4.74. The number of hydrogen-bond acceptors (Lipinski definition) is 6. The van der Waals surface area contributed by atoms with Crippen LogP contribution in [0, 0.1) is 16.7 Å². The highest BCUT2D eigenvalue weighted by Crippen LogP contribution is 2.39. The lowest BCUT2D eigenvalue weighted by molar-refractivity contribution is -0.118. The molecule has 2 fully saturated rings. The van der Waals surface area contributed by atoms with Gasteiger partial charge in [-0.25, -0.2) is 4.98 Å². The van der Waals surface area contributed by atoms with E-state index in [9.17, 15) is 4.79 Å². The van der Waals surface area contributed by atoms with E-state index < -0.39 is 6.04 Å². The smallest absolute Gasteiger partial charge is 0.247 e. The van der Waals surface area contributed by atoms with Gasteiger partial charge in [0.15, 0.2) is 0 Å². The molecular formula is C28H29N5O2. The second kappa shape index (κ2) is 10.3. The molecule has 0 aliphatic carbocycles. The molecule has 2 N–H and O–H groups in total. The van der Waals surface area contributed by atoms with Crippen LogP contribution in [0.5, 0.6) is 0 Å². The van der Waals surface area contributed by atoms with Gasteiger partial charge in [0.05, 0.1) is 36.7 Å². The van der Waals surface area contributed by atoms with Crippen LogP contribution in [0.15, 0.2) is 72.9 Å². The van der Waals surface area contributed by atoms with E-state index in [1.807, 2.05) is 72.9 Å². The lowest BCUT2D eigenvalue weighted by Gasteiger charge is -2.37. The Hall–Kier alpha value is -3.73. The van der Waals surface area contributed by atoms with E-state index >= 15 is 0 Å². The molecule has 2 aliphatic heterocycles. The fraction of sp³-hybridized carbons (Fsp3) is 0.321. The molecule has 2 aromatic carbocycles. The number of benzene rings is 2. The number of hydrogen-bond donors (Lipinski definition) is 2. The number of rotatable bonds is 8. The summed E-state index contributed by atoms with van der Waals surface area (Å²) < 4.78 is 5.42. The third-order valence-corrected chi connectivity index (χ3v) is 6.86. The van der Waals surface area contributed by atoms with E-state index in [2.05, 4.69) is 26.6 Å². The summed E-state index contributed by atoms with van der Waals surface area (Å²) in [5, 5.41) is 15.3. The molecule has 0 unspecified atom stereocenters. The Morgan fingerprint density at radius 2 is 1.91 bits per heavy atom. The molecular weight excluding hydrogens is 438 g/mol. The summed E-state index contributed by atoms with van der Waals surface area (Å²) in [4.78, 5) is 20.1. The first-order valence-corrected chi connectivity index (χ1v) is 12.0. The van der Waals surface area contributed by atoms with E-state index in [0.29, 0.717) is 23.3 Å². The minimum atomic E-state index is -0.506. The van der Waals surface area contributed by atoms with Gasteiger partial charge >= 0.3 is 0 Å². The van der Waals surface area contributed by atoms with Crippen molar-refractivity contribution in [2.75, 3.05) is 43.1 Å². The van der Waals surface area contributed by atoms with Gasteiger partial charge in [-0.05, 0) is 48.2 Å². The van der Waals surface area contributed by atoms with Crippen LogP contribution in [0.4, 0.5) is 11.5 Å². The topological polar surface area (TPSA) is 90.3 Å². The van der Waals surface area contributed by atoms with Crippen LogP contribution in [0.3, 0.4) is 0 Å². The Bertz CT molecular complexity index is 1180. The number of nitrogens with zero attached hydrogens (tertiary/aromatic N) is 3. The molecule has 3 heterocycles. The molecule has 1 spiro atoms. The molecule has 7 nitrogen and oxygen atoms in total. The van der Waals surface area contributed by atoms with Gasteiger partial charge in [0, 0.05) is 25.0 Å². The summed E-state index contributed by atoms with van der Waals surface area (Å²) in [5.74, 6) is 0.387. The monoisotopic (exact) mass is 467 g/mol. The lowest BCUT2D eigenvalue weighted by atomic mass is 9.85. The maximum absolute atomic E-state index is 13.2. The number of carbonyl (C=O) groups excluding carboxylic acids is 1. The van der Waals surface area contributed by atoms with Crippen LogP contribution in [0.2, 0.25) is 0 Å². The first-order chi connectivity index (χ1) is 17.1. The van der Waals surface area contributed by atoms with Gasteiger partial charge in [-0.3, -0.25) is 4.79 Å². The Labute approximate surface area is 205 Å². The summed E-state index contributed by atoms with van der Waals surface area (Å²) in [6.45, 7) is 4.33. The second-order valence-corrected chi connectivity index (χ2v) is 9.41. The van der Waals surface area contributed by atoms with Crippen molar-refractivity contribution in [3.05, 3.63) is 89.6 Å². The number of anilines is 2. The first kappa shape index (κ1) is 23.0. The Kier molecular flexibility index (Phi) is 6.75. The number of ether oxygens (including phenoxy) is 1. The van der Waals surface area contributed by atoms with E-state index in [-0.39, 0.29) is 5.91 Å². The van der Waals surface area contributed by atoms with Crippen molar-refractivity contribution in [1.29, 1.82) is 5.26 Å². The summed E-state index contributed by atoms with van der Waals surface area (Å²) in [6.07, 6.45) is 3.74. The number of pyridine rings is 1. The highest BCUT2D eigenvalue weighted by Gasteiger charge is 2.44. The lowest BCUT2D eigenvalue weighted by Crippen LogP contribution is -2.44. The molecule has 1 aromatic heterocycles. The van der Waals surface area contributed by atoms with Crippen molar-refractivity contribution in [2.24, 2.45) is 5.41 Å². The third kappa shape index (κ3) is 5.35. The number of amides is 1. The van der Waals surface area contributed by atoms with Crippen molar-refractivity contribution in [3.8, 4) is 6.07 Å². The summed E-state index contributed by atoms with van der Waals surface area (Å²) >= 11 is 0. The minimum Gasteiger partial charge on any atom is -0.380 e. The number of nitrogens with one attached hydrogen (secondary N) is 2. The molecule has 35 heavy (non-hydrogen) atoms. The van der Waals surface area contributed by atoms with Crippen molar-refractivity contribution in [3.63, 3.8) is 0 Å². The zero-order valence-corrected chi connectivity index (χ0v) is 19.6. The molecule has 1 amide bonds. The summed E-state index contributed by atoms with van der Waals surface area (Å²) in [7, 11) is 0. The van der Waals surface area contributed by atoms with Gasteiger partial charge in [-0.15, -0.1) is 0 Å². The standard InChI is InChI=1S/C28H29N5O2/c29-16-22-8-6-21(7-9-22)12-14-30-26(23-4-2-1-3-5-23)27(34)32-25-11-10-24(17-31-25)33-15-13-28(18-33)19-35-20-28/h1-11,17,26,30H,12-15,18-20H2,(H,31,32,34)/t26-/m1/s1. The van der Waals surface area contributed by atoms with Crippen molar-refractivity contribution in [1.82, 2.24) is 10.3 Å². The molecule has 2 saturated heterocycles. The molecule has 5 rings (SSSR count). The number of aromatic nitrogens is 1. The fourth-order valence-electron chi connectivity index (χ4n) is 4.74.